The van der Waals surface area contributed by atoms with Crippen LogP contribution in [-0.2, 0) is 48.0 Å². The second-order valence-corrected chi connectivity index (χ2v) is 19.7. The molecule has 354 valence electrons. The van der Waals surface area contributed by atoms with Crippen molar-refractivity contribution >= 4 is 52.0 Å². The number of esters is 1. The molecule has 4 aromatic rings. The molecule has 16 nitrogen and oxygen atoms in total. The van der Waals surface area contributed by atoms with Gasteiger partial charge in [0.2, 0.25) is 5.91 Å². The molecule has 3 aliphatic rings. The third-order valence-corrected chi connectivity index (χ3v) is 13.9. The average Bonchev–Trinajstić information content (AvgIpc) is 3.87. The standard InChI is InChI=1S/C48H62FN9O7S/c1-11-57-38-17-16-30-20-33(38)34(42(57)32-14-12-18-50-40(32)29(5)64-10)22-48(6,7)26-65-46(62)35-15-13-19-58(53-35)45(61)36(21-39-51-37(30)25-66-39)52-43(59)41(27(2)3)55(9)47(63)54(8)31-23-56(24-31)44(60)28(4)49/h12,14,16-18,20,25,27,29,31,35-36,41,53H,4,11,13,15,19,21-24,26H2,1-3,5-10H3,(H,52,59)/t29-,35-,36-,41?/m0/s1. The van der Waals surface area contributed by atoms with Crippen LogP contribution in [0, 0.1) is 11.3 Å². The van der Waals surface area contributed by atoms with Gasteiger partial charge in [-0.05, 0) is 68.9 Å². The van der Waals surface area contributed by atoms with Gasteiger partial charge in [0.25, 0.3) is 11.8 Å². The molecule has 0 radical (unpaired) electrons. The van der Waals surface area contributed by atoms with Gasteiger partial charge in [0.1, 0.15) is 18.1 Å². The van der Waals surface area contributed by atoms with Crippen LogP contribution in [0.15, 0.2) is 54.3 Å². The lowest BCUT2D eigenvalue weighted by Crippen LogP contribution is -2.65. The number of fused-ring (bicyclic) bond motifs is 6. The fraction of sp³-hybridized carbons (Fsp3) is 0.521. The highest BCUT2D eigenvalue weighted by molar-refractivity contribution is 7.10. The van der Waals surface area contributed by atoms with E-state index in [1.54, 1.807) is 20.4 Å². The van der Waals surface area contributed by atoms with Gasteiger partial charge in [-0.25, -0.2) is 19.6 Å². The lowest BCUT2D eigenvalue weighted by Gasteiger charge is -2.45. The minimum absolute atomic E-state index is 0.0379. The normalized spacial score (nSPS) is 20.0. The summed E-state index contributed by atoms with van der Waals surface area (Å²) in [5.41, 5.74) is 9.10. The second kappa shape index (κ2) is 19.6. The quantitative estimate of drug-likeness (QED) is 0.144. The monoisotopic (exact) mass is 927 g/mol. The first-order chi connectivity index (χ1) is 31.3. The van der Waals surface area contributed by atoms with Crippen LogP contribution in [0.4, 0.5) is 9.18 Å². The molecule has 2 saturated heterocycles. The van der Waals surface area contributed by atoms with Gasteiger partial charge in [0.05, 0.1) is 40.8 Å². The smallest absolute Gasteiger partial charge is 0.324 e. The largest absolute Gasteiger partial charge is 0.464 e. The number of thiazole rings is 1. The van der Waals surface area contributed by atoms with E-state index in [9.17, 15) is 28.4 Å². The van der Waals surface area contributed by atoms with Crippen molar-refractivity contribution in [2.45, 2.75) is 104 Å². The van der Waals surface area contributed by atoms with E-state index in [0.29, 0.717) is 36.5 Å². The number of rotatable bonds is 10. The van der Waals surface area contributed by atoms with Gasteiger partial charge in [-0.3, -0.25) is 29.2 Å². The number of halogens is 1. The zero-order chi connectivity index (χ0) is 47.8. The average molecular weight is 928 g/mol. The molecule has 66 heavy (non-hydrogen) atoms. The highest BCUT2D eigenvalue weighted by Crippen LogP contribution is 2.42. The Morgan fingerprint density at radius 2 is 1.89 bits per heavy atom. The molecule has 0 aliphatic carbocycles. The maximum atomic E-state index is 14.6. The first kappa shape index (κ1) is 48.2. The summed E-state index contributed by atoms with van der Waals surface area (Å²) in [6.45, 7) is 16.3. The minimum Gasteiger partial charge on any atom is -0.464 e. The molecule has 2 N–H and O–H groups in total. The predicted octanol–water partition coefficient (Wildman–Crippen LogP) is 5.90. The van der Waals surface area contributed by atoms with Gasteiger partial charge >= 0.3 is 12.0 Å². The minimum atomic E-state index is -1.13. The number of likely N-dealkylation sites (tertiary alicyclic amines) is 1. The van der Waals surface area contributed by atoms with Crippen LogP contribution in [0.3, 0.4) is 0 Å². The Balaban J connectivity index is 1.24. The van der Waals surface area contributed by atoms with E-state index in [-0.39, 0.29) is 44.7 Å². The molecular weight excluding hydrogens is 866 g/mol. The second-order valence-electron chi connectivity index (χ2n) is 18.7. The molecule has 18 heteroatoms. The molecule has 6 heterocycles. The lowest BCUT2D eigenvalue weighted by atomic mass is 9.84. The van der Waals surface area contributed by atoms with E-state index in [2.05, 4.69) is 60.9 Å². The van der Waals surface area contributed by atoms with E-state index < -0.39 is 65.1 Å². The number of likely N-dealkylation sites (N-methyl/N-ethyl adjacent to an activating group) is 2. The highest BCUT2D eigenvalue weighted by Gasteiger charge is 2.41. The van der Waals surface area contributed by atoms with Crippen molar-refractivity contribution in [2.24, 2.45) is 11.3 Å². The number of hydrazine groups is 1. The maximum absolute atomic E-state index is 14.6. The Kier molecular flexibility index (Phi) is 14.3. The van der Waals surface area contributed by atoms with Crippen molar-refractivity contribution < 1.29 is 37.8 Å². The van der Waals surface area contributed by atoms with Crippen molar-refractivity contribution in [1.82, 2.24) is 45.0 Å². The van der Waals surface area contributed by atoms with Gasteiger partial charge in [-0.1, -0.05) is 40.3 Å². The van der Waals surface area contributed by atoms with E-state index in [1.165, 1.54) is 38.1 Å². The topological polar surface area (TPSA) is 172 Å². The van der Waals surface area contributed by atoms with E-state index >= 15 is 0 Å². The first-order valence-corrected chi connectivity index (χ1v) is 23.5. The van der Waals surface area contributed by atoms with Crippen LogP contribution in [0.5, 0.6) is 0 Å². The molecule has 7 rings (SSSR count). The number of urea groups is 1. The number of aryl methyl sites for hydroxylation is 1. The molecule has 6 bridgehead atoms. The van der Waals surface area contributed by atoms with Gasteiger partial charge in [-0.15, -0.1) is 11.3 Å². The van der Waals surface area contributed by atoms with Gasteiger partial charge < -0.3 is 34.1 Å². The fourth-order valence-corrected chi connectivity index (χ4v) is 10.2. The number of carbonyl (C=O) groups is 5. The number of hydrogen-bond donors (Lipinski definition) is 2. The number of aromatic nitrogens is 3. The molecule has 3 aliphatic heterocycles. The number of methoxy groups -OCH3 is 1. The molecule has 2 fully saturated rings. The van der Waals surface area contributed by atoms with Crippen molar-refractivity contribution in [3.05, 3.63) is 70.6 Å². The summed E-state index contributed by atoms with van der Waals surface area (Å²) in [7, 11) is 4.76. The molecule has 0 saturated carbocycles. The van der Waals surface area contributed by atoms with Gasteiger partial charge in [-0.2, -0.15) is 0 Å². The molecule has 0 spiro atoms. The number of benzene rings is 1. The number of nitrogens with zero attached hydrogens (tertiary/aromatic N) is 7. The van der Waals surface area contributed by atoms with Crippen molar-refractivity contribution in [2.75, 3.05) is 47.4 Å². The van der Waals surface area contributed by atoms with E-state index in [0.717, 1.165) is 39.0 Å². The van der Waals surface area contributed by atoms with Crippen LogP contribution in [-0.4, -0.2) is 136 Å². The Labute approximate surface area is 389 Å². The van der Waals surface area contributed by atoms with Crippen molar-refractivity contribution in [3.8, 4) is 22.5 Å². The van der Waals surface area contributed by atoms with Crippen LogP contribution in [0.25, 0.3) is 33.4 Å². The number of cyclic esters (lactones) is 1. The summed E-state index contributed by atoms with van der Waals surface area (Å²) in [4.78, 5) is 82.6. The molecule has 1 aromatic carbocycles. The number of carbonyl (C=O) groups excluding carboxylic acids is 5. The molecule has 4 atom stereocenters. The number of hydrogen-bond acceptors (Lipinski definition) is 11. The maximum Gasteiger partial charge on any atom is 0.324 e. The summed E-state index contributed by atoms with van der Waals surface area (Å²) < 4.78 is 27.7. The molecule has 5 amide bonds. The predicted molar refractivity (Wildman–Crippen MR) is 249 cm³/mol. The van der Waals surface area contributed by atoms with Crippen molar-refractivity contribution in [3.63, 3.8) is 0 Å². The molecular formula is C48H62FN9O7S. The summed E-state index contributed by atoms with van der Waals surface area (Å²) >= 11 is 1.38. The van der Waals surface area contributed by atoms with Crippen LogP contribution in [0.1, 0.15) is 76.8 Å². The third-order valence-electron chi connectivity index (χ3n) is 13.0. The van der Waals surface area contributed by atoms with Crippen LogP contribution < -0.4 is 10.7 Å². The van der Waals surface area contributed by atoms with Gasteiger partial charge in [0.15, 0.2) is 5.83 Å². The fourth-order valence-electron chi connectivity index (χ4n) is 9.31. The first-order valence-electron chi connectivity index (χ1n) is 22.6. The van der Waals surface area contributed by atoms with E-state index in [1.807, 2.05) is 38.3 Å². The summed E-state index contributed by atoms with van der Waals surface area (Å²) in [6.07, 6.45) is 3.07. The Hall–Kier alpha value is -5.72. The van der Waals surface area contributed by atoms with E-state index in [4.69, 9.17) is 19.4 Å². The number of ether oxygens (including phenoxy) is 2. The molecule has 1 unspecified atom stereocenters. The van der Waals surface area contributed by atoms with Crippen molar-refractivity contribution in [1.29, 1.82) is 0 Å². The highest BCUT2D eigenvalue weighted by atomic mass is 32.1. The van der Waals surface area contributed by atoms with Gasteiger partial charge in [0, 0.05) is 92.8 Å². The zero-order valence-corrected chi connectivity index (χ0v) is 40.2. The Morgan fingerprint density at radius 1 is 1.15 bits per heavy atom. The Morgan fingerprint density at radius 3 is 2.58 bits per heavy atom. The van der Waals surface area contributed by atoms with Crippen LogP contribution in [0.2, 0.25) is 0 Å². The third kappa shape index (κ3) is 9.72. The zero-order valence-electron chi connectivity index (χ0n) is 39.4. The lowest BCUT2D eigenvalue weighted by molar-refractivity contribution is -0.155. The summed E-state index contributed by atoms with van der Waals surface area (Å²) in [6, 6.07) is 6.52. The molecule has 3 aromatic heterocycles. The number of pyridine rings is 1. The van der Waals surface area contributed by atoms with Crippen LogP contribution >= 0.6 is 11.3 Å². The summed E-state index contributed by atoms with van der Waals surface area (Å²) in [5.74, 6) is -3.76. The number of nitrogens with one attached hydrogen (secondary N) is 2. The SMILES string of the molecule is C=C(F)C(=O)N1CC(N(C)C(=O)N(C)C(C(=O)N[C@H]2Cc3nc(cs3)-c3ccc4c(c3)c(c(-c3cccnc3[C@H](C)OC)n4CC)CC(C)(C)COC(=O)[C@@H]3CCCN(N3)C2=O)C(C)C)C1. The number of amides is 5. The summed E-state index contributed by atoms with van der Waals surface area (Å²) in [5, 5.41) is 7.95. The Bertz CT molecular complexity index is 2520.